The molecule has 0 heterocycles. The SMILES string of the molecule is O=C(Nc1ccc(OC(F)(F)F)cc1)C1C2CCCC1CC2. The molecule has 1 N–H and O–H groups in total. The molecule has 1 aromatic carbocycles. The van der Waals surface area contributed by atoms with Crippen molar-refractivity contribution in [2.24, 2.45) is 17.8 Å². The third kappa shape index (κ3) is 3.36. The number of carbonyl (C=O) groups excluding carboxylic acids is 1. The number of halogens is 3. The Hall–Kier alpha value is -1.72. The molecule has 0 aromatic heterocycles. The number of anilines is 1. The van der Waals surface area contributed by atoms with Crippen molar-refractivity contribution in [3.63, 3.8) is 0 Å². The Morgan fingerprint density at radius 2 is 1.64 bits per heavy atom. The van der Waals surface area contributed by atoms with Crippen molar-refractivity contribution in [2.75, 3.05) is 5.32 Å². The van der Waals surface area contributed by atoms with E-state index in [0.717, 1.165) is 25.7 Å². The highest BCUT2D eigenvalue weighted by Crippen LogP contribution is 2.47. The Balaban J connectivity index is 1.62. The molecule has 2 aliphatic carbocycles. The molecule has 2 fully saturated rings. The lowest BCUT2D eigenvalue weighted by atomic mass is 9.78. The van der Waals surface area contributed by atoms with E-state index in [4.69, 9.17) is 0 Å². The maximum Gasteiger partial charge on any atom is 0.573 e. The third-order valence-electron chi connectivity index (χ3n) is 4.73. The van der Waals surface area contributed by atoms with Gasteiger partial charge in [0.15, 0.2) is 0 Å². The first kappa shape index (κ1) is 15.2. The van der Waals surface area contributed by atoms with E-state index in [1.54, 1.807) is 0 Å². The molecule has 0 saturated heterocycles. The van der Waals surface area contributed by atoms with Crippen LogP contribution in [0, 0.1) is 17.8 Å². The molecule has 2 bridgehead atoms. The molecular formula is C16H18F3NO2. The van der Waals surface area contributed by atoms with Gasteiger partial charge in [0.05, 0.1) is 0 Å². The molecule has 6 heteroatoms. The van der Waals surface area contributed by atoms with Crippen molar-refractivity contribution in [3.8, 4) is 5.75 Å². The third-order valence-corrected chi connectivity index (χ3v) is 4.73. The molecule has 2 aliphatic rings. The normalized spacial score (nSPS) is 27.5. The van der Waals surface area contributed by atoms with Crippen LogP contribution in [0.25, 0.3) is 0 Å². The molecule has 1 amide bonds. The zero-order valence-corrected chi connectivity index (χ0v) is 12.0. The van der Waals surface area contributed by atoms with E-state index in [0.29, 0.717) is 17.5 Å². The quantitative estimate of drug-likeness (QED) is 0.901. The smallest absolute Gasteiger partial charge is 0.406 e. The fraction of sp³-hybridized carbons (Fsp3) is 0.562. The number of ether oxygens (including phenoxy) is 1. The summed E-state index contributed by atoms with van der Waals surface area (Å²) in [6.45, 7) is 0. The molecule has 2 atom stereocenters. The van der Waals surface area contributed by atoms with E-state index >= 15 is 0 Å². The van der Waals surface area contributed by atoms with Gasteiger partial charge in [0, 0.05) is 11.6 Å². The average Bonchev–Trinajstić information content (AvgIpc) is 2.69. The van der Waals surface area contributed by atoms with Crippen LogP contribution < -0.4 is 10.1 Å². The van der Waals surface area contributed by atoms with Crippen molar-refractivity contribution in [3.05, 3.63) is 24.3 Å². The van der Waals surface area contributed by atoms with Crippen molar-refractivity contribution in [1.82, 2.24) is 0 Å². The second-order valence-electron chi connectivity index (χ2n) is 6.12. The van der Waals surface area contributed by atoms with Crippen molar-refractivity contribution in [2.45, 2.75) is 38.5 Å². The molecule has 3 nitrogen and oxygen atoms in total. The number of hydrogen-bond acceptors (Lipinski definition) is 2. The van der Waals surface area contributed by atoms with Gasteiger partial charge in [0.2, 0.25) is 5.91 Å². The lowest BCUT2D eigenvalue weighted by Gasteiger charge is -2.28. The van der Waals surface area contributed by atoms with Crippen LogP contribution in [0.15, 0.2) is 24.3 Å². The van der Waals surface area contributed by atoms with E-state index in [1.165, 1.54) is 30.7 Å². The topological polar surface area (TPSA) is 38.3 Å². The van der Waals surface area contributed by atoms with Crippen LogP contribution in [0.1, 0.15) is 32.1 Å². The number of hydrogen-bond donors (Lipinski definition) is 1. The van der Waals surface area contributed by atoms with E-state index in [1.807, 2.05) is 0 Å². The zero-order valence-electron chi connectivity index (χ0n) is 12.0. The maximum absolute atomic E-state index is 12.4. The number of alkyl halides is 3. The number of carbonyl (C=O) groups is 1. The van der Waals surface area contributed by atoms with E-state index in [-0.39, 0.29) is 17.6 Å². The van der Waals surface area contributed by atoms with Crippen LogP contribution in [-0.4, -0.2) is 12.3 Å². The minimum absolute atomic E-state index is 0.00307. The summed E-state index contributed by atoms with van der Waals surface area (Å²) in [6.07, 6.45) is 0.927. The van der Waals surface area contributed by atoms with E-state index in [2.05, 4.69) is 10.1 Å². The first-order valence-electron chi connectivity index (χ1n) is 7.59. The summed E-state index contributed by atoms with van der Waals surface area (Å²) in [6, 6.07) is 5.28. The Morgan fingerprint density at radius 1 is 1.05 bits per heavy atom. The molecule has 0 aliphatic heterocycles. The molecule has 120 valence electrons. The minimum atomic E-state index is -4.70. The summed E-state index contributed by atoms with van der Waals surface area (Å²) < 4.78 is 40.1. The Morgan fingerprint density at radius 3 is 2.18 bits per heavy atom. The first-order valence-corrected chi connectivity index (χ1v) is 7.59. The first-order chi connectivity index (χ1) is 10.4. The summed E-state index contributed by atoms with van der Waals surface area (Å²) in [7, 11) is 0. The highest BCUT2D eigenvalue weighted by atomic mass is 19.4. The van der Waals surface area contributed by atoms with Gasteiger partial charge >= 0.3 is 6.36 Å². The Labute approximate surface area is 126 Å². The van der Waals surface area contributed by atoms with Gasteiger partial charge in [-0.2, -0.15) is 0 Å². The summed E-state index contributed by atoms with van der Waals surface area (Å²) in [4.78, 5) is 12.4. The van der Waals surface area contributed by atoms with Crippen LogP contribution in [0.5, 0.6) is 5.75 Å². The van der Waals surface area contributed by atoms with Gasteiger partial charge in [0.25, 0.3) is 0 Å². The molecule has 3 rings (SSSR count). The largest absolute Gasteiger partial charge is 0.573 e. The summed E-state index contributed by atoms with van der Waals surface area (Å²) >= 11 is 0. The van der Waals surface area contributed by atoms with E-state index < -0.39 is 6.36 Å². The lowest BCUT2D eigenvalue weighted by Crippen LogP contribution is -2.32. The molecule has 1 aromatic rings. The van der Waals surface area contributed by atoms with Gasteiger partial charge in [-0.3, -0.25) is 4.79 Å². The molecular weight excluding hydrogens is 295 g/mol. The number of benzene rings is 1. The Kier molecular flexibility index (Phi) is 4.02. The Bertz CT molecular complexity index is 525. The van der Waals surface area contributed by atoms with Crippen LogP contribution in [0.3, 0.4) is 0 Å². The predicted molar refractivity (Wildman–Crippen MR) is 75.3 cm³/mol. The van der Waals surface area contributed by atoms with Gasteiger partial charge in [-0.25, -0.2) is 0 Å². The van der Waals surface area contributed by atoms with Crippen LogP contribution in [-0.2, 0) is 4.79 Å². The summed E-state index contributed by atoms with van der Waals surface area (Å²) in [5.74, 6) is 0.693. The predicted octanol–water partition coefficient (Wildman–Crippen LogP) is 4.35. The standard InChI is InChI=1S/C16H18F3NO2/c17-16(18,19)22-13-8-6-12(7-9-13)20-15(21)14-10-2-1-3-11(14)5-4-10/h6-11,14H,1-5H2,(H,20,21). The van der Waals surface area contributed by atoms with Crippen molar-refractivity contribution < 1.29 is 22.7 Å². The highest BCUT2D eigenvalue weighted by Gasteiger charge is 2.42. The van der Waals surface area contributed by atoms with Crippen molar-refractivity contribution in [1.29, 1.82) is 0 Å². The molecule has 2 saturated carbocycles. The minimum Gasteiger partial charge on any atom is -0.406 e. The van der Waals surface area contributed by atoms with E-state index in [9.17, 15) is 18.0 Å². The molecule has 2 unspecified atom stereocenters. The molecule has 0 radical (unpaired) electrons. The van der Waals surface area contributed by atoms with Crippen molar-refractivity contribution >= 4 is 11.6 Å². The summed E-state index contributed by atoms with van der Waals surface area (Å²) in [5.41, 5.74) is 0.504. The molecule has 22 heavy (non-hydrogen) atoms. The molecule has 0 spiro atoms. The number of amides is 1. The summed E-state index contributed by atoms with van der Waals surface area (Å²) in [5, 5.41) is 2.83. The lowest BCUT2D eigenvalue weighted by molar-refractivity contribution is -0.274. The maximum atomic E-state index is 12.4. The van der Waals surface area contributed by atoms with Gasteiger partial charge < -0.3 is 10.1 Å². The number of rotatable bonds is 3. The fourth-order valence-electron chi connectivity index (χ4n) is 3.86. The second-order valence-corrected chi connectivity index (χ2v) is 6.12. The van der Waals surface area contributed by atoms with Crippen LogP contribution in [0.4, 0.5) is 18.9 Å². The second kappa shape index (κ2) is 5.82. The fourth-order valence-corrected chi connectivity index (χ4v) is 3.86. The zero-order chi connectivity index (χ0) is 15.7. The van der Waals surface area contributed by atoms with Gasteiger partial charge in [-0.15, -0.1) is 13.2 Å². The van der Waals surface area contributed by atoms with Gasteiger partial charge in [-0.1, -0.05) is 6.42 Å². The van der Waals surface area contributed by atoms with Gasteiger partial charge in [-0.05, 0) is 61.8 Å². The highest BCUT2D eigenvalue weighted by molar-refractivity contribution is 5.93. The number of fused-ring (bicyclic) bond motifs is 2. The van der Waals surface area contributed by atoms with Gasteiger partial charge in [0.1, 0.15) is 5.75 Å². The number of nitrogens with one attached hydrogen (secondary N) is 1. The average molecular weight is 313 g/mol. The monoisotopic (exact) mass is 313 g/mol. The van der Waals surface area contributed by atoms with Crippen LogP contribution >= 0.6 is 0 Å². The van der Waals surface area contributed by atoms with Crippen LogP contribution in [0.2, 0.25) is 0 Å².